The van der Waals surface area contributed by atoms with Crippen LogP contribution in [0, 0.1) is 0 Å². The maximum atomic E-state index is 11.9. The van der Waals surface area contributed by atoms with E-state index >= 15 is 0 Å². The normalized spacial score (nSPS) is 10.6. The fourth-order valence-corrected chi connectivity index (χ4v) is 2.72. The zero-order valence-electron chi connectivity index (χ0n) is 13.2. The van der Waals surface area contributed by atoms with E-state index in [0.29, 0.717) is 5.75 Å². The number of thioether (sulfide) groups is 1. The molecule has 0 saturated carbocycles. The summed E-state index contributed by atoms with van der Waals surface area (Å²) >= 11 is 1.60. The smallest absolute Gasteiger partial charge is 0.232 e. The highest BCUT2D eigenvalue weighted by Gasteiger charge is 2.09. The first-order valence-electron chi connectivity index (χ1n) is 7.40. The van der Waals surface area contributed by atoms with Crippen LogP contribution in [0.5, 0.6) is 0 Å². The van der Waals surface area contributed by atoms with Gasteiger partial charge in [-0.2, -0.15) is 0 Å². The first-order valence-corrected chi connectivity index (χ1v) is 8.39. The van der Waals surface area contributed by atoms with Crippen molar-refractivity contribution >= 4 is 17.7 Å². The molecule has 1 aromatic rings. The number of nitrogens with one attached hydrogen (secondary N) is 1. The number of carbonyl (C=O) groups is 1. The minimum absolute atomic E-state index is 0.204. The highest BCUT2D eigenvalue weighted by Crippen LogP contribution is 2.19. The van der Waals surface area contributed by atoms with Crippen molar-refractivity contribution in [2.75, 3.05) is 39.1 Å². The van der Waals surface area contributed by atoms with Gasteiger partial charge in [0.1, 0.15) is 0 Å². The van der Waals surface area contributed by atoms with Gasteiger partial charge in [-0.25, -0.2) is 0 Å². The second kappa shape index (κ2) is 10.7. The monoisotopic (exact) mass is 310 g/mol. The fourth-order valence-electron chi connectivity index (χ4n) is 1.92. The predicted molar refractivity (Wildman–Crippen MR) is 88.7 cm³/mol. The molecule has 0 radical (unpaired) electrons. The van der Waals surface area contributed by atoms with Crippen molar-refractivity contribution < 1.29 is 9.53 Å². The summed E-state index contributed by atoms with van der Waals surface area (Å²) < 4.78 is 4.99. The molecule has 1 N–H and O–H groups in total. The molecule has 0 bridgehead atoms. The third-order valence-electron chi connectivity index (χ3n) is 3.21. The zero-order valence-corrected chi connectivity index (χ0v) is 14.0. The molecule has 0 atom stereocenters. The first-order chi connectivity index (χ1) is 10.2. The summed E-state index contributed by atoms with van der Waals surface area (Å²) in [7, 11) is 1.70. The third-order valence-corrected chi connectivity index (χ3v) is 4.21. The molecule has 0 fully saturated rings. The summed E-state index contributed by atoms with van der Waals surface area (Å²) in [6.07, 6.45) is 0. The lowest BCUT2D eigenvalue weighted by molar-refractivity contribution is -0.127. The first kappa shape index (κ1) is 18.0. The molecule has 21 heavy (non-hydrogen) atoms. The van der Waals surface area contributed by atoms with Gasteiger partial charge in [0, 0.05) is 38.2 Å². The lowest BCUT2D eigenvalue weighted by atomic mass is 10.2. The molecule has 0 saturated heterocycles. The number of hydrogen-bond acceptors (Lipinski definition) is 4. The zero-order chi connectivity index (χ0) is 15.5. The Morgan fingerprint density at radius 3 is 2.48 bits per heavy atom. The minimum atomic E-state index is 0.204. The van der Waals surface area contributed by atoms with Crippen LogP contribution in [0.2, 0.25) is 0 Å². The molecule has 118 valence electrons. The summed E-state index contributed by atoms with van der Waals surface area (Å²) in [5, 5.41) is 3.31. The van der Waals surface area contributed by atoms with Gasteiger partial charge < -0.3 is 15.0 Å². The molecule has 0 aliphatic heterocycles. The molecule has 0 unspecified atom stereocenters. The molecule has 1 rings (SSSR count). The largest absolute Gasteiger partial charge is 0.383 e. The summed E-state index contributed by atoms with van der Waals surface area (Å²) in [6.45, 7) is 8.00. The van der Waals surface area contributed by atoms with Gasteiger partial charge >= 0.3 is 0 Å². The Morgan fingerprint density at radius 2 is 1.90 bits per heavy atom. The van der Waals surface area contributed by atoms with Crippen molar-refractivity contribution in [3.05, 3.63) is 29.8 Å². The maximum Gasteiger partial charge on any atom is 0.232 e. The number of benzene rings is 1. The summed E-state index contributed by atoms with van der Waals surface area (Å²) in [5.74, 6) is 0.711. The Labute approximate surface area is 132 Å². The van der Waals surface area contributed by atoms with Crippen LogP contribution in [-0.4, -0.2) is 49.9 Å². The van der Waals surface area contributed by atoms with Gasteiger partial charge in [0.25, 0.3) is 0 Å². The predicted octanol–water partition coefficient (Wildman–Crippen LogP) is 2.38. The highest BCUT2D eigenvalue weighted by molar-refractivity contribution is 8.00. The molecule has 0 spiro atoms. The molecule has 1 amide bonds. The Morgan fingerprint density at radius 1 is 1.24 bits per heavy atom. The van der Waals surface area contributed by atoms with Gasteiger partial charge in [0.15, 0.2) is 0 Å². The minimum Gasteiger partial charge on any atom is -0.383 e. The van der Waals surface area contributed by atoms with Crippen LogP contribution in [0.25, 0.3) is 0 Å². The molecular formula is C16H26N2O2S. The standard InChI is InChI=1S/C16H26N2O2S/c1-4-18(5-2)16(19)13-21-15-8-6-14(7-9-15)12-17-10-11-20-3/h6-9,17H,4-5,10-13H2,1-3H3. The van der Waals surface area contributed by atoms with E-state index in [4.69, 9.17) is 4.74 Å². The molecule has 0 aromatic heterocycles. The maximum absolute atomic E-state index is 11.9. The highest BCUT2D eigenvalue weighted by atomic mass is 32.2. The Hall–Kier alpha value is -1.04. The molecule has 1 aromatic carbocycles. The van der Waals surface area contributed by atoms with Crippen LogP contribution in [0.3, 0.4) is 0 Å². The lowest BCUT2D eigenvalue weighted by Gasteiger charge is -2.18. The van der Waals surface area contributed by atoms with E-state index in [1.165, 1.54) is 5.56 Å². The number of amides is 1. The molecule has 5 heteroatoms. The number of rotatable bonds is 10. The summed E-state index contributed by atoms with van der Waals surface area (Å²) in [5.41, 5.74) is 1.24. The van der Waals surface area contributed by atoms with Crippen molar-refractivity contribution in [2.24, 2.45) is 0 Å². The third kappa shape index (κ3) is 6.98. The summed E-state index contributed by atoms with van der Waals surface area (Å²) in [4.78, 5) is 14.9. The van der Waals surface area contributed by atoms with Gasteiger partial charge in [0.05, 0.1) is 12.4 Å². The van der Waals surface area contributed by atoms with E-state index in [-0.39, 0.29) is 5.91 Å². The molecule has 0 aliphatic rings. The van der Waals surface area contributed by atoms with Crippen molar-refractivity contribution in [3.8, 4) is 0 Å². The van der Waals surface area contributed by atoms with Crippen LogP contribution < -0.4 is 5.32 Å². The quantitative estimate of drug-likeness (QED) is 0.532. The van der Waals surface area contributed by atoms with E-state index in [2.05, 4.69) is 29.6 Å². The number of nitrogens with zero attached hydrogens (tertiary/aromatic N) is 1. The molecular weight excluding hydrogens is 284 g/mol. The Bertz CT molecular complexity index is 405. The van der Waals surface area contributed by atoms with Crippen molar-refractivity contribution in [1.82, 2.24) is 10.2 Å². The Balaban J connectivity index is 2.35. The molecule has 0 aliphatic carbocycles. The topological polar surface area (TPSA) is 41.6 Å². The van der Waals surface area contributed by atoms with Crippen molar-refractivity contribution in [1.29, 1.82) is 0 Å². The van der Waals surface area contributed by atoms with E-state index in [1.54, 1.807) is 18.9 Å². The lowest BCUT2D eigenvalue weighted by Crippen LogP contribution is -2.31. The van der Waals surface area contributed by atoms with Crippen molar-refractivity contribution in [3.63, 3.8) is 0 Å². The summed E-state index contributed by atoms with van der Waals surface area (Å²) in [6, 6.07) is 8.36. The van der Waals surface area contributed by atoms with Gasteiger partial charge in [-0.3, -0.25) is 4.79 Å². The number of carbonyl (C=O) groups excluding carboxylic acids is 1. The second-order valence-corrected chi connectivity index (χ2v) is 5.72. The van der Waals surface area contributed by atoms with E-state index in [9.17, 15) is 4.79 Å². The van der Waals surface area contributed by atoms with E-state index in [1.807, 2.05) is 18.7 Å². The van der Waals surface area contributed by atoms with Crippen molar-refractivity contribution in [2.45, 2.75) is 25.3 Å². The fraction of sp³-hybridized carbons (Fsp3) is 0.562. The SMILES string of the molecule is CCN(CC)C(=O)CSc1ccc(CNCCOC)cc1. The second-order valence-electron chi connectivity index (χ2n) is 4.67. The number of hydrogen-bond donors (Lipinski definition) is 1. The van der Waals surface area contributed by atoms with Crippen LogP contribution in [0.1, 0.15) is 19.4 Å². The molecule has 0 heterocycles. The van der Waals surface area contributed by atoms with Crippen LogP contribution in [0.4, 0.5) is 0 Å². The average Bonchev–Trinajstić information content (AvgIpc) is 2.52. The van der Waals surface area contributed by atoms with E-state index in [0.717, 1.165) is 37.7 Å². The van der Waals surface area contributed by atoms with Crippen LogP contribution in [-0.2, 0) is 16.1 Å². The average molecular weight is 310 g/mol. The van der Waals surface area contributed by atoms with Gasteiger partial charge in [0.2, 0.25) is 5.91 Å². The van der Waals surface area contributed by atoms with Gasteiger partial charge in [-0.05, 0) is 31.5 Å². The Kier molecular flexibility index (Phi) is 9.14. The van der Waals surface area contributed by atoms with Gasteiger partial charge in [-0.1, -0.05) is 12.1 Å². The van der Waals surface area contributed by atoms with Crippen LogP contribution in [0.15, 0.2) is 29.2 Å². The van der Waals surface area contributed by atoms with E-state index < -0.39 is 0 Å². The van der Waals surface area contributed by atoms with Gasteiger partial charge in [-0.15, -0.1) is 11.8 Å². The number of methoxy groups -OCH3 is 1. The van der Waals surface area contributed by atoms with Crippen LogP contribution >= 0.6 is 11.8 Å². The number of ether oxygens (including phenoxy) is 1. The molecule has 4 nitrogen and oxygen atoms in total.